The number of aromatic nitrogens is 1. The number of ether oxygens (including phenoxy) is 1. The summed E-state index contributed by atoms with van der Waals surface area (Å²) in [6, 6.07) is 7.95. The third-order valence-corrected chi connectivity index (χ3v) is 3.60. The van der Waals surface area contributed by atoms with Crippen molar-refractivity contribution in [1.29, 1.82) is 0 Å². The van der Waals surface area contributed by atoms with Gasteiger partial charge in [-0.05, 0) is 24.3 Å². The number of rotatable bonds is 3. The highest BCUT2D eigenvalue weighted by Gasteiger charge is 2.24. The second-order valence-electron chi connectivity index (χ2n) is 5.20. The quantitative estimate of drug-likeness (QED) is 0.867. The number of anilines is 1. The van der Waals surface area contributed by atoms with Gasteiger partial charge in [0.25, 0.3) is 0 Å². The SMILES string of the molecule is COc1ccc(N(C)C2=CN(C)Cc3nc(C)oc32)cc1. The molecule has 0 aliphatic carbocycles. The fourth-order valence-corrected chi connectivity index (χ4v) is 2.51. The van der Waals surface area contributed by atoms with Crippen LogP contribution in [0.3, 0.4) is 0 Å². The molecule has 5 heteroatoms. The fourth-order valence-electron chi connectivity index (χ4n) is 2.51. The minimum Gasteiger partial charge on any atom is -0.497 e. The van der Waals surface area contributed by atoms with Gasteiger partial charge in [-0.2, -0.15) is 0 Å². The first-order valence-electron chi connectivity index (χ1n) is 6.85. The number of hydrogen-bond donors (Lipinski definition) is 0. The first-order valence-corrected chi connectivity index (χ1v) is 6.85. The highest BCUT2D eigenvalue weighted by molar-refractivity contribution is 5.78. The van der Waals surface area contributed by atoms with Gasteiger partial charge in [-0.3, -0.25) is 0 Å². The highest BCUT2D eigenvalue weighted by atomic mass is 16.5. The Morgan fingerprint density at radius 1 is 1.29 bits per heavy atom. The molecule has 0 unspecified atom stereocenters. The number of nitrogens with zero attached hydrogens (tertiary/aromatic N) is 3. The number of methoxy groups -OCH3 is 1. The van der Waals surface area contributed by atoms with Crippen molar-refractivity contribution in [2.45, 2.75) is 13.5 Å². The first-order chi connectivity index (χ1) is 10.1. The standard InChI is InChI=1S/C16H19N3O2/c1-11-17-14-9-18(2)10-15(16(14)21-11)19(3)12-5-7-13(20-4)8-6-12/h5-8,10H,9H2,1-4H3. The van der Waals surface area contributed by atoms with Gasteiger partial charge in [0, 0.05) is 32.9 Å². The molecule has 0 saturated heterocycles. The van der Waals surface area contributed by atoms with E-state index in [0.717, 1.165) is 35.1 Å². The van der Waals surface area contributed by atoms with Crippen molar-refractivity contribution in [2.24, 2.45) is 0 Å². The zero-order valence-corrected chi connectivity index (χ0v) is 12.8. The van der Waals surface area contributed by atoms with Gasteiger partial charge in [0.2, 0.25) is 0 Å². The summed E-state index contributed by atoms with van der Waals surface area (Å²) in [6.07, 6.45) is 2.08. The van der Waals surface area contributed by atoms with Crippen molar-refractivity contribution >= 4 is 11.4 Å². The van der Waals surface area contributed by atoms with Crippen LogP contribution in [0.15, 0.2) is 34.9 Å². The van der Waals surface area contributed by atoms with E-state index in [0.29, 0.717) is 5.89 Å². The van der Waals surface area contributed by atoms with E-state index in [1.54, 1.807) is 7.11 Å². The van der Waals surface area contributed by atoms with Crippen molar-refractivity contribution in [2.75, 3.05) is 26.1 Å². The molecule has 0 saturated carbocycles. The number of oxazole rings is 1. The summed E-state index contributed by atoms with van der Waals surface area (Å²) < 4.78 is 11.0. The summed E-state index contributed by atoms with van der Waals surface area (Å²) in [4.78, 5) is 8.67. The van der Waals surface area contributed by atoms with E-state index >= 15 is 0 Å². The molecule has 0 spiro atoms. The van der Waals surface area contributed by atoms with Gasteiger partial charge in [-0.1, -0.05) is 0 Å². The maximum absolute atomic E-state index is 5.78. The Bertz CT molecular complexity index is 673. The average molecular weight is 285 g/mol. The molecule has 2 heterocycles. The Balaban J connectivity index is 1.97. The van der Waals surface area contributed by atoms with Gasteiger partial charge in [0.1, 0.15) is 17.1 Å². The predicted molar refractivity (Wildman–Crippen MR) is 82.1 cm³/mol. The molecule has 0 radical (unpaired) electrons. The summed E-state index contributed by atoms with van der Waals surface area (Å²) in [7, 11) is 5.73. The number of benzene rings is 1. The van der Waals surface area contributed by atoms with Gasteiger partial charge in [-0.15, -0.1) is 0 Å². The van der Waals surface area contributed by atoms with Gasteiger partial charge < -0.3 is 19.0 Å². The van der Waals surface area contributed by atoms with E-state index in [9.17, 15) is 0 Å². The van der Waals surface area contributed by atoms with Crippen LogP contribution in [-0.4, -0.2) is 31.1 Å². The Kier molecular flexibility index (Phi) is 3.33. The van der Waals surface area contributed by atoms with Crippen LogP contribution in [0.5, 0.6) is 5.75 Å². The Morgan fingerprint density at radius 3 is 2.67 bits per heavy atom. The number of fused-ring (bicyclic) bond motifs is 1. The van der Waals surface area contributed by atoms with Crippen molar-refractivity contribution in [3.05, 3.63) is 47.8 Å². The summed E-state index contributed by atoms with van der Waals surface area (Å²) in [6.45, 7) is 2.65. The zero-order chi connectivity index (χ0) is 15.0. The Labute approximate surface area is 124 Å². The summed E-state index contributed by atoms with van der Waals surface area (Å²) >= 11 is 0. The lowest BCUT2D eigenvalue weighted by Gasteiger charge is -2.28. The summed E-state index contributed by atoms with van der Waals surface area (Å²) in [5, 5.41) is 0. The lowest BCUT2D eigenvalue weighted by atomic mass is 10.1. The van der Waals surface area contributed by atoms with Crippen molar-refractivity contribution in [3.63, 3.8) is 0 Å². The molecular weight excluding hydrogens is 266 g/mol. The Hall–Kier alpha value is -2.43. The molecular formula is C16H19N3O2. The molecule has 0 fully saturated rings. The van der Waals surface area contributed by atoms with Crippen LogP contribution in [0.1, 0.15) is 17.3 Å². The second kappa shape index (κ2) is 5.16. The summed E-state index contributed by atoms with van der Waals surface area (Å²) in [5.74, 6) is 2.39. The van der Waals surface area contributed by atoms with E-state index in [1.165, 1.54) is 0 Å². The van der Waals surface area contributed by atoms with Crippen LogP contribution < -0.4 is 9.64 Å². The smallest absolute Gasteiger partial charge is 0.192 e. The number of aryl methyl sites for hydroxylation is 1. The van der Waals surface area contributed by atoms with Crippen LogP contribution in [-0.2, 0) is 6.54 Å². The molecule has 5 nitrogen and oxygen atoms in total. The molecule has 0 amide bonds. The van der Waals surface area contributed by atoms with Gasteiger partial charge in [0.05, 0.1) is 13.7 Å². The fraction of sp³-hybridized carbons (Fsp3) is 0.312. The van der Waals surface area contributed by atoms with Crippen LogP contribution in [0.2, 0.25) is 0 Å². The normalized spacial score (nSPS) is 13.7. The van der Waals surface area contributed by atoms with Gasteiger partial charge >= 0.3 is 0 Å². The maximum atomic E-state index is 5.78. The van der Waals surface area contributed by atoms with E-state index in [4.69, 9.17) is 9.15 Å². The minimum absolute atomic E-state index is 0.698. The van der Waals surface area contributed by atoms with Crippen molar-refractivity contribution < 1.29 is 9.15 Å². The molecule has 1 aromatic heterocycles. The molecule has 1 aliphatic rings. The van der Waals surface area contributed by atoms with E-state index in [1.807, 2.05) is 45.3 Å². The molecule has 0 bridgehead atoms. The minimum atomic E-state index is 0.698. The monoisotopic (exact) mass is 285 g/mol. The van der Waals surface area contributed by atoms with Crippen molar-refractivity contribution in [3.8, 4) is 5.75 Å². The van der Waals surface area contributed by atoms with E-state index in [2.05, 4.69) is 21.0 Å². The van der Waals surface area contributed by atoms with Gasteiger partial charge in [0.15, 0.2) is 11.7 Å². The average Bonchev–Trinajstić information content (AvgIpc) is 2.85. The molecule has 3 rings (SSSR count). The summed E-state index contributed by atoms with van der Waals surface area (Å²) in [5.41, 5.74) is 3.05. The molecule has 0 N–H and O–H groups in total. The Morgan fingerprint density at radius 2 is 2.00 bits per heavy atom. The zero-order valence-electron chi connectivity index (χ0n) is 12.8. The van der Waals surface area contributed by atoms with Crippen LogP contribution in [0.4, 0.5) is 5.69 Å². The third-order valence-electron chi connectivity index (χ3n) is 3.60. The lowest BCUT2D eigenvalue weighted by Crippen LogP contribution is -2.24. The topological polar surface area (TPSA) is 41.7 Å². The number of hydrogen-bond acceptors (Lipinski definition) is 5. The molecule has 2 aromatic rings. The van der Waals surface area contributed by atoms with Crippen molar-refractivity contribution in [1.82, 2.24) is 9.88 Å². The molecule has 110 valence electrons. The predicted octanol–water partition coefficient (Wildman–Crippen LogP) is 2.87. The maximum Gasteiger partial charge on any atom is 0.192 e. The van der Waals surface area contributed by atoms with Gasteiger partial charge in [-0.25, -0.2) is 4.98 Å². The molecule has 21 heavy (non-hydrogen) atoms. The third kappa shape index (κ3) is 2.46. The van der Waals surface area contributed by atoms with E-state index in [-0.39, 0.29) is 0 Å². The highest BCUT2D eigenvalue weighted by Crippen LogP contribution is 2.32. The molecule has 1 aromatic carbocycles. The molecule has 1 aliphatic heterocycles. The van der Waals surface area contributed by atoms with Crippen LogP contribution in [0.25, 0.3) is 5.70 Å². The lowest BCUT2D eigenvalue weighted by molar-refractivity contribution is 0.415. The van der Waals surface area contributed by atoms with Crippen LogP contribution >= 0.6 is 0 Å². The first kappa shape index (κ1) is 13.5. The van der Waals surface area contributed by atoms with E-state index < -0.39 is 0 Å². The van der Waals surface area contributed by atoms with Crippen LogP contribution in [0, 0.1) is 6.92 Å². The molecule has 0 atom stereocenters. The second-order valence-corrected chi connectivity index (χ2v) is 5.20. The largest absolute Gasteiger partial charge is 0.497 e.